The summed E-state index contributed by atoms with van der Waals surface area (Å²) in [5.74, 6) is -1.67. The van der Waals surface area contributed by atoms with Gasteiger partial charge < -0.3 is 33.9 Å². The van der Waals surface area contributed by atoms with Crippen LogP contribution in [0.5, 0.6) is 0 Å². The van der Waals surface area contributed by atoms with Crippen molar-refractivity contribution < 1.29 is 59.9 Å². The third kappa shape index (κ3) is 11.0. The molecule has 74 heavy (non-hydrogen) atoms. The number of fused-ring (bicyclic) bond motifs is 6. The molecular weight excluding hydrogens is 985 g/mol. The number of anilines is 2. The van der Waals surface area contributed by atoms with E-state index in [1.54, 1.807) is 24.0 Å². The van der Waals surface area contributed by atoms with Crippen LogP contribution in [0, 0.1) is 0 Å². The fourth-order valence-electron chi connectivity index (χ4n) is 11.5. The lowest BCUT2D eigenvalue weighted by molar-refractivity contribution is -0.537. The molecule has 4 aliphatic rings. The van der Waals surface area contributed by atoms with Crippen molar-refractivity contribution in [1.82, 2.24) is 4.90 Å². The van der Waals surface area contributed by atoms with Crippen LogP contribution in [0.4, 0.5) is 16.2 Å². The van der Waals surface area contributed by atoms with E-state index in [2.05, 4.69) is 66.4 Å². The van der Waals surface area contributed by atoms with Crippen molar-refractivity contribution in [1.29, 1.82) is 0 Å². The molecule has 1 aliphatic carbocycles. The summed E-state index contributed by atoms with van der Waals surface area (Å²) < 4.78 is 80.1. The monoisotopic (exact) mass is 1050 g/mol. The number of allylic oxidation sites excluding steroid dienone is 8. The molecule has 0 spiro atoms. The largest absolute Gasteiger partial charge is 0.744 e. The molecule has 2 fully saturated rings. The Bertz CT molecular complexity index is 3110. The summed E-state index contributed by atoms with van der Waals surface area (Å²) in [4.78, 5) is 41.3. The number of hydrogen-bond donors (Lipinski definition) is 2. The number of unbranched alkanes of at least 4 members (excludes halogenated alkanes) is 4. The van der Waals surface area contributed by atoms with Gasteiger partial charge in [-0.05, 0) is 127 Å². The zero-order valence-corrected chi connectivity index (χ0v) is 44.3. The maximum absolute atomic E-state index is 12.9. The molecule has 18 heteroatoms. The molecule has 3 heterocycles. The summed E-state index contributed by atoms with van der Waals surface area (Å²) in [7, 11) is -9.38. The van der Waals surface area contributed by atoms with E-state index in [0.717, 1.165) is 87.2 Å². The van der Waals surface area contributed by atoms with Crippen LogP contribution in [0.1, 0.15) is 110 Å². The Labute approximate surface area is 433 Å². The van der Waals surface area contributed by atoms with Crippen molar-refractivity contribution in [2.75, 3.05) is 55.7 Å². The summed E-state index contributed by atoms with van der Waals surface area (Å²) in [6.45, 7) is 13.9. The summed E-state index contributed by atoms with van der Waals surface area (Å²) in [5, 5.41) is 21.6. The van der Waals surface area contributed by atoms with E-state index < -0.39 is 43.0 Å². The van der Waals surface area contributed by atoms with Gasteiger partial charge in [-0.2, -0.15) is 0 Å². The van der Waals surface area contributed by atoms with Crippen LogP contribution in [0.3, 0.4) is 0 Å². The third-order valence-electron chi connectivity index (χ3n) is 15.0. The lowest BCUT2D eigenvalue weighted by Gasteiger charge is -2.27. The van der Waals surface area contributed by atoms with Crippen molar-refractivity contribution in [2.45, 2.75) is 119 Å². The first-order valence-electron chi connectivity index (χ1n) is 25.4. The number of piperazine rings is 1. The number of carboxylic acids is 2. The molecule has 1 amide bonds. The van der Waals surface area contributed by atoms with Crippen LogP contribution in [-0.2, 0) is 45.4 Å². The SMILES string of the molecule is CCOC(=O)N1CC[N+](=C2/C(=C/C=C3\N(CCCCCC(=O)O)c4ccc5cc(S(=O)(=O)[O-])ccc5c4C3(C)C)CC/C2=C\C=C2/N(CCCCCC(=O)O)c3ccc4cc(S(=O)(=O)[O-])ccc4c3C2(C)C)CC1. The smallest absolute Gasteiger partial charge is 0.410 e. The summed E-state index contributed by atoms with van der Waals surface area (Å²) in [5.41, 5.74) is 8.01. The van der Waals surface area contributed by atoms with Gasteiger partial charge in [-0.15, -0.1) is 0 Å². The third-order valence-corrected chi connectivity index (χ3v) is 16.7. The number of carboxylic acid groups (broad SMARTS) is 2. The second-order valence-electron chi connectivity index (χ2n) is 20.6. The molecule has 4 aromatic carbocycles. The number of carbonyl (C=O) groups excluding carboxylic acids is 1. The van der Waals surface area contributed by atoms with Gasteiger partial charge in [-0.25, -0.2) is 26.2 Å². The molecule has 3 aliphatic heterocycles. The molecule has 8 rings (SSSR count). The molecule has 1 saturated heterocycles. The van der Waals surface area contributed by atoms with Gasteiger partial charge in [0.15, 0.2) is 13.1 Å². The Morgan fingerprint density at radius 3 is 1.46 bits per heavy atom. The minimum Gasteiger partial charge on any atom is -0.744 e. The maximum atomic E-state index is 12.9. The minimum atomic E-state index is -4.69. The van der Waals surface area contributed by atoms with Crippen molar-refractivity contribution in [3.8, 4) is 0 Å². The van der Waals surface area contributed by atoms with Gasteiger partial charge in [0, 0.05) is 70.7 Å². The number of hydrogen-bond acceptors (Lipinski definition) is 12. The van der Waals surface area contributed by atoms with E-state index in [9.17, 15) is 50.5 Å². The summed E-state index contributed by atoms with van der Waals surface area (Å²) >= 11 is 0. The van der Waals surface area contributed by atoms with E-state index in [-0.39, 0.29) is 35.3 Å². The zero-order valence-electron chi connectivity index (χ0n) is 42.7. The van der Waals surface area contributed by atoms with Gasteiger partial charge in [0.25, 0.3) is 0 Å². The first-order valence-corrected chi connectivity index (χ1v) is 28.3. The Morgan fingerprint density at radius 2 is 1.07 bits per heavy atom. The van der Waals surface area contributed by atoms with Gasteiger partial charge in [0.2, 0.25) is 5.71 Å². The highest BCUT2D eigenvalue weighted by molar-refractivity contribution is 7.86. The Balaban J connectivity index is 1.22. The number of rotatable bonds is 17. The number of carbonyl (C=O) groups is 3. The average Bonchev–Trinajstić information content (AvgIpc) is 3.92. The van der Waals surface area contributed by atoms with E-state index in [1.165, 1.54) is 24.3 Å². The van der Waals surface area contributed by atoms with Gasteiger partial charge >= 0.3 is 18.0 Å². The highest BCUT2D eigenvalue weighted by Gasteiger charge is 2.43. The molecule has 0 bridgehead atoms. The molecule has 0 radical (unpaired) electrons. The molecule has 0 aromatic heterocycles. The summed E-state index contributed by atoms with van der Waals surface area (Å²) in [6.07, 6.45) is 13.9. The van der Waals surface area contributed by atoms with E-state index in [4.69, 9.17) is 4.74 Å². The highest BCUT2D eigenvalue weighted by Crippen LogP contribution is 2.53. The Kier molecular flexibility index (Phi) is 15.7. The van der Waals surface area contributed by atoms with Crippen LogP contribution < -0.4 is 9.80 Å². The fourth-order valence-corrected chi connectivity index (χ4v) is 12.5. The maximum Gasteiger partial charge on any atom is 0.410 e. The minimum absolute atomic E-state index is 0.0815. The van der Waals surface area contributed by atoms with Crippen LogP contribution >= 0.6 is 0 Å². The van der Waals surface area contributed by atoms with Crippen molar-refractivity contribution in [3.05, 3.63) is 119 Å². The topological polar surface area (TPSA) is 228 Å². The number of ether oxygens (including phenoxy) is 1. The second kappa shape index (κ2) is 21.5. The van der Waals surface area contributed by atoms with Gasteiger partial charge in [-0.1, -0.05) is 77.0 Å². The number of aliphatic carboxylic acids is 2. The van der Waals surface area contributed by atoms with E-state index in [1.807, 2.05) is 24.3 Å². The highest BCUT2D eigenvalue weighted by atomic mass is 32.2. The normalized spacial score (nSPS) is 19.7. The van der Waals surface area contributed by atoms with Crippen LogP contribution in [0.15, 0.2) is 117 Å². The predicted octanol–water partition coefficient (Wildman–Crippen LogP) is 9.33. The first kappa shape index (κ1) is 53.9. The van der Waals surface area contributed by atoms with Crippen molar-refractivity contribution in [2.24, 2.45) is 0 Å². The predicted molar refractivity (Wildman–Crippen MR) is 282 cm³/mol. The average molecular weight is 1050 g/mol. The lowest BCUT2D eigenvalue weighted by atomic mass is 9.81. The van der Waals surface area contributed by atoms with E-state index >= 15 is 0 Å². The molecule has 0 unspecified atom stereocenters. The molecule has 4 aromatic rings. The molecule has 2 N–H and O–H groups in total. The van der Waals surface area contributed by atoms with Crippen LogP contribution in [0.2, 0.25) is 0 Å². The van der Waals surface area contributed by atoms with Gasteiger partial charge in [0.05, 0.1) is 29.5 Å². The number of nitrogens with zero attached hydrogens (tertiary/aromatic N) is 4. The van der Waals surface area contributed by atoms with Gasteiger partial charge in [0.1, 0.15) is 20.2 Å². The Morgan fingerprint density at radius 1 is 0.635 bits per heavy atom. The molecule has 1 saturated carbocycles. The summed E-state index contributed by atoms with van der Waals surface area (Å²) in [6, 6.07) is 16.6. The molecule has 394 valence electrons. The molecule has 0 atom stereocenters. The van der Waals surface area contributed by atoms with Crippen molar-refractivity contribution in [3.63, 3.8) is 0 Å². The zero-order chi connectivity index (χ0) is 53.3. The molecular formula is C56H65N4O12S2-. The first-order chi connectivity index (χ1) is 35.0. The van der Waals surface area contributed by atoms with E-state index in [0.29, 0.717) is 75.7 Å². The Hall–Kier alpha value is -6.34. The van der Waals surface area contributed by atoms with Gasteiger partial charge in [-0.3, -0.25) is 14.5 Å². The number of benzene rings is 4. The second-order valence-corrected chi connectivity index (χ2v) is 23.3. The standard InChI is InChI=1S/C56H66N4O12S2/c1-6-72-54(65)58-33-31-57(32-34-58)53-37(19-27-47-55(2,3)51-43-23-21-41(73(66,67)68)35-39(43)17-25-45(51)59(47)29-11-7-9-13-49(61)62)15-16-38(53)20-28-48-56(4,5)52-44-24-22-42(74(69,70)71)36-40(44)18-26-46(52)60(48)30-12-8-10-14-50(63)64/h17-28,35-36H,6-16,29-34H2,1-5H3,(H3-,61,62,63,64,66,67,68,69,70,71)/p-1. The lowest BCUT2D eigenvalue weighted by Crippen LogP contribution is -2.47. The van der Waals surface area contributed by atoms with Crippen LogP contribution in [-0.4, -0.2) is 115 Å². The fraction of sp³-hybridized carbons (Fsp3) is 0.429. The molecule has 16 nitrogen and oxygen atoms in total. The quantitative estimate of drug-likeness (QED) is 0.0571. The number of amides is 1. The van der Waals surface area contributed by atoms with Crippen molar-refractivity contribution >= 4 is 76.9 Å². The van der Waals surface area contributed by atoms with Crippen LogP contribution in [0.25, 0.3) is 21.5 Å².